The van der Waals surface area contributed by atoms with Crippen LogP contribution in [-0.2, 0) is 20.9 Å². The average Bonchev–Trinajstić information content (AvgIpc) is 3.13. The molecule has 0 bridgehead atoms. The molecule has 7 heteroatoms. The first-order chi connectivity index (χ1) is 17.4. The predicted octanol–water partition coefficient (Wildman–Crippen LogP) is 5.17. The molecule has 1 heterocycles. The summed E-state index contributed by atoms with van der Waals surface area (Å²) in [4.78, 5) is 27.2. The van der Waals surface area contributed by atoms with Crippen LogP contribution in [0.15, 0.2) is 78.4 Å². The highest BCUT2D eigenvalue weighted by molar-refractivity contribution is 6.46. The Kier molecular flexibility index (Phi) is 7.80. The minimum atomic E-state index is -1.04. The third-order valence-corrected chi connectivity index (χ3v) is 6.10. The maximum atomic E-state index is 14.8. The van der Waals surface area contributed by atoms with E-state index in [4.69, 9.17) is 9.47 Å². The van der Waals surface area contributed by atoms with Crippen molar-refractivity contribution in [3.63, 3.8) is 0 Å². The second kappa shape index (κ2) is 11.2. The number of hydrogen-bond donors (Lipinski definition) is 1. The fourth-order valence-corrected chi connectivity index (χ4v) is 4.34. The quantitative estimate of drug-likeness (QED) is 0.194. The highest BCUT2D eigenvalue weighted by Gasteiger charge is 2.46. The van der Waals surface area contributed by atoms with Gasteiger partial charge in [0.15, 0.2) is 0 Å². The summed E-state index contributed by atoms with van der Waals surface area (Å²) in [5, 5.41) is 11.1. The van der Waals surface area contributed by atoms with E-state index >= 15 is 0 Å². The number of aliphatic hydroxyl groups excluding tert-OH is 1. The zero-order valence-corrected chi connectivity index (χ0v) is 20.2. The maximum Gasteiger partial charge on any atom is 0.295 e. The molecular weight excluding hydrogens is 461 g/mol. The number of benzene rings is 3. The first kappa shape index (κ1) is 25.1. The summed E-state index contributed by atoms with van der Waals surface area (Å²) in [6.07, 6.45) is 0.460. The standard InChI is InChI=1S/C29H28FNO5/c1-19-7-5-8-20(17-19)18-36-22-13-11-21(12-14-22)27(32)25-26(23-9-3-4-10-24(23)30)31(15-6-16-35-2)29(34)28(25)33/h3-5,7-14,17,26,32H,6,15-16,18H2,1-2H3/b27-25+. The highest BCUT2D eigenvalue weighted by atomic mass is 19.1. The third kappa shape index (κ3) is 5.31. The second-order valence-electron chi connectivity index (χ2n) is 8.66. The number of ether oxygens (including phenoxy) is 2. The molecule has 3 aromatic rings. The molecule has 0 aliphatic carbocycles. The van der Waals surface area contributed by atoms with Crippen LogP contribution in [0.5, 0.6) is 5.75 Å². The number of ketones is 1. The number of amides is 1. The number of aryl methyl sites for hydroxylation is 1. The Morgan fingerprint density at radius 1 is 1.03 bits per heavy atom. The van der Waals surface area contributed by atoms with Crippen molar-refractivity contribution < 1.29 is 28.6 Å². The van der Waals surface area contributed by atoms with Crippen LogP contribution in [0.1, 0.15) is 34.7 Å². The topological polar surface area (TPSA) is 76.1 Å². The van der Waals surface area contributed by atoms with Crippen LogP contribution in [-0.4, -0.2) is 42.0 Å². The number of nitrogens with zero attached hydrogens (tertiary/aromatic N) is 1. The van der Waals surface area contributed by atoms with Gasteiger partial charge in [0.05, 0.1) is 11.6 Å². The van der Waals surface area contributed by atoms with Gasteiger partial charge in [-0.15, -0.1) is 0 Å². The molecule has 36 heavy (non-hydrogen) atoms. The number of likely N-dealkylation sites (tertiary alicyclic amines) is 1. The molecular formula is C29H28FNO5. The zero-order chi connectivity index (χ0) is 25.7. The van der Waals surface area contributed by atoms with Crippen LogP contribution in [0.25, 0.3) is 5.76 Å². The molecule has 1 N–H and O–H groups in total. The van der Waals surface area contributed by atoms with E-state index in [1.807, 2.05) is 31.2 Å². The van der Waals surface area contributed by atoms with Gasteiger partial charge >= 0.3 is 0 Å². The zero-order valence-electron chi connectivity index (χ0n) is 20.2. The van der Waals surface area contributed by atoms with Gasteiger partial charge in [0.2, 0.25) is 0 Å². The molecule has 3 aromatic carbocycles. The molecule has 6 nitrogen and oxygen atoms in total. The molecule has 1 aliphatic rings. The summed E-state index contributed by atoms with van der Waals surface area (Å²) < 4.78 is 25.7. The van der Waals surface area contributed by atoms with E-state index in [1.54, 1.807) is 30.3 Å². The first-order valence-corrected chi connectivity index (χ1v) is 11.7. The number of carbonyl (C=O) groups excluding carboxylic acids is 2. The number of carbonyl (C=O) groups is 2. The summed E-state index contributed by atoms with van der Waals surface area (Å²) >= 11 is 0. The van der Waals surface area contributed by atoms with Crippen LogP contribution in [0, 0.1) is 12.7 Å². The lowest BCUT2D eigenvalue weighted by atomic mass is 9.95. The van der Waals surface area contributed by atoms with E-state index in [0.717, 1.165) is 11.1 Å². The van der Waals surface area contributed by atoms with Gasteiger partial charge in [-0.1, -0.05) is 48.0 Å². The number of hydrogen-bond acceptors (Lipinski definition) is 5. The Hall–Kier alpha value is -3.97. The van der Waals surface area contributed by atoms with Crippen LogP contribution in [0.4, 0.5) is 4.39 Å². The Morgan fingerprint density at radius 2 is 1.78 bits per heavy atom. The van der Waals surface area contributed by atoms with E-state index in [-0.39, 0.29) is 23.4 Å². The second-order valence-corrected chi connectivity index (χ2v) is 8.66. The van der Waals surface area contributed by atoms with Gasteiger partial charge in [-0.05, 0) is 49.2 Å². The fraction of sp³-hybridized carbons (Fsp3) is 0.241. The summed E-state index contributed by atoms with van der Waals surface area (Å²) in [7, 11) is 1.54. The molecule has 1 fully saturated rings. The molecule has 1 saturated heterocycles. The van der Waals surface area contributed by atoms with Gasteiger partial charge in [-0.3, -0.25) is 9.59 Å². The van der Waals surface area contributed by atoms with Gasteiger partial charge in [-0.25, -0.2) is 4.39 Å². The fourth-order valence-electron chi connectivity index (χ4n) is 4.34. The van der Waals surface area contributed by atoms with Crippen molar-refractivity contribution >= 4 is 17.4 Å². The van der Waals surface area contributed by atoms with E-state index in [0.29, 0.717) is 30.9 Å². The number of Topliss-reactive ketones (excluding diaryl/α,β-unsaturated/α-hetero) is 1. The van der Waals surface area contributed by atoms with Crippen molar-refractivity contribution in [2.45, 2.75) is 26.0 Å². The molecule has 0 saturated carbocycles. The largest absolute Gasteiger partial charge is 0.507 e. The smallest absolute Gasteiger partial charge is 0.295 e. The third-order valence-electron chi connectivity index (χ3n) is 6.10. The van der Waals surface area contributed by atoms with Gasteiger partial charge in [0.25, 0.3) is 11.7 Å². The minimum absolute atomic E-state index is 0.143. The molecule has 186 valence electrons. The monoisotopic (exact) mass is 489 g/mol. The summed E-state index contributed by atoms with van der Waals surface area (Å²) in [5.41, 5.74) is 2.50. The van der Waals surface area contributed by atoms with E-state index in [1.165, 1.54) is 30.2 Å². The van der Waals surface area contributed by atoms with Crippen molar-refractivity contribution in [3.05, 3.63) is 106 Å². The molecule has 4 rings (SSSR count). The van der Waals surface area contributed by atoms with Gasteiger partial charge < -0.3 is 19.5 Å². The van der Waals surface area contributed by atoms with Crippen LogP contribution >= 0.6 is 0 Å². The van der Waals surface area contributed by atoms with Crippen LogP contribution in [0.2, 0.25) is 0 Å². The maximum absolute atomic E-state index is 14.8. The molecule has 1 atom stereocenters. The number of rotatable bonds is 9. The number of aliphatic hydroxyl groups is 1. The lowest BCUT2D eigenvalue weighted by Crippen LogP contribution is -2.31. The summed E-state index contributed by atoms with van der Waals surface area (Å²) in [5.74, 6) is -1.97. The van der Waals surface area contributed by atoms with Crippen molar-refractivity contribution in [1.29, 1.82) is 0 Å². The van der Waals surface area contributed by atoms with E-state index in [2.05, 4.69) is 0 Å². The average molecular weight is 490 g/mol. The molecule has 0 aromatic heterocycles. The van der Waals surface area contributed by atoms with Crippen LogP contribution < -0.4 is 4.74 Å². The Bertz CT molecular complexity index is 1280. The molecule has 0 spiro atoms. The van der Waals surface area contributed by atoms with Gasteiger partial charge in [0.1, 0.15) is 23.9 Å². The SMILES string of the molecule is COCCCN1C(=O)C(=O)/C(=C(/O)c2ccc(OCc3cccc(C)c3)cc2)C1c1ccccc1F. The first-order valence-electron chi connectivity index (χ1n) is 11.7. The van der Waals surface area contributed by atoms with Crippen LogP contribution in [0.3, 0.4) is 0 Å². The molecule has 0 radical (unpaired) electrons. The number of methoxy groups -OCH3 is 1. The highest BCUT2D eigenvalue weighted by Crippen LogP contribution is 2.40. The molecule has 1 amide bonds. The van der Waals surface area contributed by atoms with Crippen molar-refractivity contribution in [3.8, 4) is 5.75 Å². The van der Waals surface area contributed by atoms with E-state index < -0.39 is 23.5 Å². The van der Waals surface area contributed by atoms with Crippen molar-refractivity contribution in [2.24, 2.45) is 0 Å². The van der Waals surface area contributed by atoms with Gasteiger partial charge in [-0.2, -0.15) is 0 Å². The predicted molar refractivity (Wildman–Crippen MR) is 134 cm³/mol. The van der Waals surface area contributed by atoms with Crippen molar-refractivity contribution in [2.75, 3.05) is 20.3 Å². The number of halogens is 1. The molecule has 1 aliphatic heterocycles. The van der Waals surface area contributed by atoms with Crippen molar-refractivity contribution in [1.82, 2.24) is 4.90 Å². The lowest BCUT2D eigenvalue weighted by molar-refractivity contribution is -0.140. The van der Waals surface area contributed by atoms with Gasteiger partial charge in [0, 0.05) is 31.4 Å². The Morgan fingerprint density at radius 3 is 2.47 bits per heavy atom. The van der Waals surface area contributed by atoms with E-state index in [9.17, 15) is 19.1 Å². The molecule has 1 unspecified atom stereocenters. The normalized spacial score (nSPS) is 17.0. The summed E-state index contributed by atoms with van der Waals surface area (Å²) in [6, 6.07) is 19.5. The summed E-state index contributed by atoms with van der Waals surface area (Å²) in [6.45, 7) is 2.95. The minimum Gasteiger partial charge on any atom is -0.507 e. The lowest BCUT2D eigenvalue weighted by Gasteiger charge is -2.25. The Balaban J connectivity index is 1.64. The Labute approximate surface area is 209 Å².